The molecule has 9 heteroatoms. The number of ether oxygens (including phenoxy) is 1. The van der Waals surface area contributed by atoms with E-state index in [2.05, 4.69) is 24.5 Å². The summed E-state index contributed by atoms with van der Waals surface area (Å²) in [5.41, 5.74) is 4.76. The highest BCUT2D eigenvalue weighted by Crippen LogP contribution is 2.65. The summed E-state index contributed by atoms with van der Waals surface area (Å²) in [6.07, 6.45) is 0.221. The molecule has 3 rings (SSSR count). The van der Waals surface area contributed by atoms with Gasteiger partial charge in [-0.1, -0.05) is 13.8 Å². The second kappa shape index (κ2) is 7.18. The third-order valence-electron chi connectivity index (χ3n) is 6.45. The molecule has 0 unspecified atom stereocenters. The smallest absolute Gasteiger partial charge is 0.410 e. The average molecular weight is 408 g/mol. The van der Waals surface area contributed by atoms with Crippen molar-refractivity contribution in [2.45, 2.75) is 65.1 Å². The molecular weight excluding hydrogens is 376 g/mol. The minimum absolute atomic E-state index is 0.00155. The molecule has 1 saturated carbocycles. The second-order valence-electron chi connectivity index (χ2n) is 10.0. The normalized spacial score (nSPS) is 30.9. The summed E-state index contributed by atoms with van der Waals surface area (Å²) in [7, 11) is 0. The Morgan fingerprint density at radius 3 is 2.52 bits per heavy atom. The van der Waals surface area contributed by atoms with Crippen LogP contribution in [-0.2, 0) is 19.1 Å². The van der Waals surface area contributed by atoms with Crippen LogP contribution in [0.1, 0.15) is 47.5 Å². The molecule has 0 aromatic rings. The molecule has 2 saturated heterocycles. The first-order valence-corrected chi connectivity index (χ1v) is 10.2. The van der Waals surface area contributed by atoms with Gasteiger partial charge >= 0.3 is 6.09 Å². The van der Waals surface area contributed by atoms with Gasteiger partial charge in [-0.15, -0.1) is 0 Å². The maximum Gasteiger partial charge on any atom is 0.410 e. The minimum atomic E-state index is -0.960. The number of nitrogens with zero attached hydrogens (tertiary/aromatic N) is 1. The van der Waals surface area contributed by atoms with Gasteiger partial charge in [0, 0.05) is 19.0 Å². The van der Waals surface area contributed by atoms with E-state index >= 15 is 0 Å². The van der Waals surface area contributed by atoms with E-state index in [1.807, 2.05) is 0 Å². The van der Waals surface area contributed by atoms with Gasteiger partial charge in [-0.3, -0.25) is 19.3 Å². The second-order valence-corrected chi connectivity index (χ2v) is 10.0. The monoisotopic (exact) mass is 408 g/mol. The molecule has 162 valence electrons. The van der Waals surface area contributed by atoms with Crippen molar-refractivity contribution in [1.29, 1.82) is 0 Å². The molecular formula is C20H32N4O5. The number of carbonyl (C=O) groups excluding carboxylic acids is 4. The van der Waals surface area contributed by atoms with Gasteiger partial charge in [0.1, 0.15) is 17.7 Å². The molecule has 4 N–H and O–H groups in total. The number of nitrogens with two attached hydrogens (primary N) is 1. The molecule has 3 aliphatic rings. The number of hydrogen-bond donors (Lipinski definition) is 3. The maximum atomic E-state index is 13.2. The van der Waals surface area contributed by atoms with Crippen molar-refractivity contribution >= 4 is 23.8 Å². The van der Waals surface area contributed by atoms with Crippen LogP contribution in [0.4, 0.5) is 4.79 Å². The zero-order chi connectivity index (χ0) is 21.7. The molecule has 4 amide bonds. The molecule has 0 spiro atoms. The first-order valence-electron chi connectivity index (χ1n) is 10.2. The van der Waals surface area contributed by atoms with E-state index in [0.717, 1.165) is 0 Å². The minimum Gasteiger partial charge on any atom is -0.444 e. The Hall–Kier alpha value is -2.32. The fraction of sp³-hybridized carbons (Fsp3) is 0.800. The van der Waals surface area contributed by atoms with Crippen molar-refractivity contribution in [3.05, 3.63) is 0 Å². The Morgan fingerprint density at radius 1 is 1.34 bits per heavy atom. The topological polar surface area (TPSA) is 131 Å². The van der Waals surface area contributed by atoms with Gasteiger partial charge in [0.15, 0.2) is 0 Å². The van der Waals surface area contributed by atoms with E-state index < -0.39 is 35.6 Å². The lowest BCUT2D eigenvalue weighted by atomic mass is 9.96. The molecule has 0 aromatic carbocycles. The lowest BCUT2D eigenvalue weighted by Gasteiger charge is -2.32. The van der Waals surface area contributed by atoms with E-state index in [1.165, 1.54) is 4.90 Å². The van der Waals surface area contributed by atoms with E-state index in [-0.39, 0.29) is 35.5 Å². The van der Waals surface area contributed by atoms with Crippen molar-refractivity contribution in [3.8, 4) is 0 Å². The van der Waals surface area contributed by atoms with Gasteiger partial charge < -0.3 is 21.1 Å². The fourth-order valence-corrected chi connectivity index (χ4v) is 4.75. The van der Waals surface area contributed by atoms with Crippen molar-refractivity contribution in [1.82, 2.24) is 15.5 Å². The van der Waals surface area contributed by atoms with Gasteiger partial charge in [0.2, 0.25) is 17.7 Å². The van der Waals surface area contributed by atoms with Crippen LogP contribution in [-0.4, -0.2) is 59.5 Å². The van der Waals surface area contributed by atoms with Crippen molar-refractivity contribution < 1.29 is 23.9 Å². The van der Waals surface area contributed by atoms with Crippen LogP contribution in [0.2, 0.25) is 0 Å². The lowest BCUT2D eigenvalue weighted by Crippen LogP contribution is -2.55. The standard InChI is InChI=1S/C20H32N4O5/c1-19(2,3)29-18(28)24-9-11-13(20(11,4)5)14(24)17(27)23-12(15(21)25)8-10-6-7-22-16(10)26/h10-14H,6-9H2,1-5H3,(H2,21,25)(H,22,26)(H,23,27)/t10-,11+,12+,13+,14+/m1/s1. The van der Waals surface area contributed by atoms with E-state index in [9.17, 15) is 19.2 Å². The fourth-order valence-electron chi connectivity index (χ4n) is 4.75. The van der Waals surface area contributed by atoms with E-state index in [1.54, 1.807) is 20.8 Å². The van der Waals surface area contributed by atoms with Crippen molar-refractivity contribution in [2.24, 2.45) is 28.9 Å². The predicted molar refractivity (Wildman–Crippen MR) is 104 cm³/mol. The molecule has 2 heterocycles. The largest absolute Gasteiger partial charge is 0.444 e. The van der Waals surface area contributed by atoms with Gasteiger partial charge in [0.25, 0.3) is 0 Å². The number of amides is 4. The summed E-state index contributed by atoms with van der Waals surface area (Å²) in [5, 5.41) is 5.42. The number of hydrogen-bond acceptors (Lipinski definition) is 5. The molecule has 0 bridgehead atoms. The van der Waals surface area contributed by atoms with Gasteiger partial charge in [0.05, 0.1) is 0 Å². The van der Waals surface area contributed by atoms with Gasteiger partial charge in [-0.05, 0) is 50.9 Å². The highest BCUT2D eigenvalue weighted by molar-refractivity contribution is 5.92. The first-order chi connectivity index (χ1) is 13.3. The number of likely N-dealkylation sites (tertiary alicyclic amines) is 1. The van der Waals surface area contributed by atoms with Crippen LogP contribution in [0, 0.1) is 23.2 Å². The van der Waals surface area contributed by atoms with Crippen LogP contribution in [0.25, 0.3) is 0 Å². The van der Waals surface area contributed by atoms with Crippen LogP contribution < -0.4 is 16.4 Å². The number of primary amides is 1. The van der Waals surface area contributed by atoms with Gasteiger partial charge in [-0.2, -0.15) is 0 Å². The molecule has 0 aromatic heterocycles. The zero-order valence-corrected chi connectivity index (χ0v) is 17.8. The van der Waals surface area contributed by atoms with Crippen LogP contribution >= 0.6 is 0 Å². The van der Waals surface area contributed by atoms with Gasteiger partial charge in [-0.25, -0.2) is 4.79 Å². The zero-order valence-electron chi connectivity index (χ0n) is 17.8. The Balaban J connectivity index is 1.73. The number of nitrogens with one attached hydrogen (secondary N) is 2. The Labute approximate surface area is 171 Å². The summed E-state index contributed by atoms with van der Waals surface area (Å²) in [6, 6.07) is -1.68. The van der Waals surface area contributed by atoms with Crippen molar-refractivity contribution in [3.63, 3.8) is 0 Å². The van der Waals surface area contributed by atoms with E-state index in [0.29, 0.717) is 19.5 Å². The highest BCUT2D eigenvalue weighted by Gasteiger charge is 2.69. The van der Waals surface area contributed by atoms with E-state index in [4.69, 9.17) is 10.5 Å². The third-order valence-corrected chi connectivity index (χ3v) is 6.45. The predicted octanol–water partition coefficient (Wildman–Crippen LogP) is 0.374. The molecule has 3 fully saturated rings. The number of fused-ring (bicyclic) bond motifs is 1. The molecule has 29 heavy (non-hydrogen) atoms. The number of rotatable bonds is 5. The third kappa shape index (κ3) is 4.18. The van der Waals surface area contributed by atoms with Crippen molar-refractivity contribution in [2.75, 3.05) is 13.1 Å². The van der Waals surface area contributed by atoms with Crippen LogP contribution in [0.3, 0.4) is 0 Å². The summed E-state index contributed by atoms with van der Waals surface area (Å²) >= 11 is 0. The van der Waals surface area contributed by atoms with Crippen LogP contribution in [0.5, 0.6) is 0 Å². The quantitative estimate of drug-likeness (QED) is 0.605. The lowest BCUT2D eigenvalue weighted by molar-refractivity contribution is -0.132. The summed E-state index contributed by atoms with van der Waals surface area (Å²) in [5.74, 6) is -1.40. The SMILES string of the molecule is CC(C)(C)OC(=O)N1C[C@H]2[C@@H]([C@H]1C(=O)N[C@@H](C[C@H]1CCNC1=O)C(N)=O)C2(C)C. The highest BCUT2D eigenvalue weighted by atomic mass is 16.6. The Morgan fingerprint density at radius 2 is 2.00 bits per heavy atom. The molecule has 5 atom stereocenters. The summed E-state index contributed by atoms with van der Waals surface area (Å²) < 4.78 is 5.48. The first kappa shape index (κ1) is 21.4. The van der Waals surface area contributed by atoms with Crippen LogP contribution in [0.15, 0.2) is 0 Å². The molecule has 2 aliphatic heterocycles. The Bertz CT molecular complexity index is 729. The Kier molecular flexibility index (Phi) is 5.29. The number of piperidine rings is 1. The molecule has 9 nitrogen and oxygen atoms in total. The maximum absolute atomic E-state index is 13.2. The average Bonchev–Trinajstić information content (AvgIpc) is 2.97. The molecule has 0 radical (unpaired) electrons. The number of carbonyl (C=O) groups is 4. The summed E-state index contributed by atoms with van der Waals surface area (Å²) in [4.78, 5) is 51.1. The summed E-state index contributed by atoms with van der Waals surface area (Å²) in [6.45, 7) is 10.5. The molecule has 1 aliphatic carbocycles.